The molecule has 4 rings (SSSR count). The van der Waals surface area contributed by atoms with Crippen molar-refractivity contribution in [3.63, 3.8) is 0 Å². The topological polar surface area (TPSA) is 65.7 Å². The molecule has 0 aliphatic carbocycles. The van der Waals surface area contributed by atoms with Crippen LogP contribution in [0.5, 0.6) is 11.5 Å². The van der Waals surface area contributed by atoms with Crippen molar-refractivity contribution in [2.75, 3.05) is 7.11 Å². The molecule has 0 spiro atoms. The Labute approximate surface area is 167 Å². The highest BCUT2D eigenvalue weighted by Crippen LogP contribution is 2.30. The molecule has 29 heavy (non-hydrogen) atoms. The summed E-state index contributed by atoms with van der Waals surface area (Å²) < 4.78 is 16.3. The Morgan fingerprint density at radius 1 is 0.931 bits per heavy atom. The molecule has 144 valence electrons. The van der Waals surface area contributed by atoms with Gasteiger partial charge in [-0.3, -0.25) is 0 Å². The van der Waals surface area contributed by atoms with Crippen LogP contribution < -0.4 is 15.1 Å². The van der Waals surface area contributed by atoms with Gasteiger partial charge in [0, 0.05) is 5.39 Å². The summed E-state index contributed by atoms with van der Waals surface area (Å²) in [5.74, 6) is 0.260. The molecule has 0 aliphatic rings. The standard InChI is InChI=1S/C24H18O5/c1-15-19-14-17(28-23(25)18-10-6-7-11-20(18)27-2)12-13-21(19)29-24(26)22(15)16-8-4-3-5-9-16/h3-14H,1-2H3. The molecule has 5 heteroatoms. The van der Waals surface area contributed by atoms with E-state index in [-0.39, 0.29) is 0 Å². The first-order valence-corrected chi connectivity index (χ1v) is 9.06. The van der Waals surface area contributed by atoms with E-state index in [0.29, 0.717) is 33.6 Å². The molecule has 0 fully saturated rings. The summed E-state index contributed by atoms with van der Waals surface area (Å²) in [5, 5.41) is 0.703. The lowest BCUT2D eigenvalue weighted by atomic mass is 9.99. The van der Waals surface area contributed by atoms with Gasteiger partial charge in [-0.2, -0.15) is 0 Å². The van der Waals surface area contributed by atoms with Crippen molar-refractivity contribution in [2.24, 2.45) is 0 Å². The van der Waals surface area contributed by atoms with E-state index in [1.165, 1.54) is 7.11 Å². The Morgan fingerprint density at radius 3 is 2.41 bits per heavy atom. The van der Waals surface area contributed by atoms with Crippen LogP contribution >= 0.6 is 0 Å². The third-order valence-corrected chi connectivity index (χ3v) is 4.74. The quantitative estimate of drug-likeness (QED) is 0.281. The largest absolute Gasteiger partial charge is 0.496 e. The van der Waals surface area contributed by atoms with Crippen molar-refractivity contribution in [1.82, 2.24) is 0 Å². The van der Waals surface area contributed by atoms with Crippen molar-refractivity contribution in [3.05, 3.63) is 94.3 Å². The molecule has 0 atom stereocenters. The molecule has 0 saturated heterocycles. The molecule has 0 N–H and O–H groups in total. The van der Waals surface area contributed by atoms with E-state index in [9.17, 15) is 9.59 Å². The maximum atomic E-state index is 12.6. The average molecular weight is 386 g/mol. The van der Waals surface area contributed by atoms with Gasteiger partial charge in [-0.15, -0.1) is 0 Å². The molecule has 0 bridgehead atoms. The van der Waals surface area contributed by atoms with E-state index < -0.39 is 11.6 Å². The Bertz CT molecular complexity index is 1260. The molecule has 0 saturated carbocycles. The van der Waals surface area contributed by atoms with E-state index in [4.69, 9.17) is 13.9 Å². The minimum Gasteiger partial charge on any atom is -0.496 e. The van der Waals surface area contributed by atoms with Crippen LogP contribution in [0.3, 0.4) is 0 Å². The van der Waals surface area contributed by atoms with Crippen molar-refractivity contribution < 1.29 is 18.7 Å². The van der Waals surface area contributed by atoms with Crippen molar-refractivity contribution in [2.45, 2.75) is 6.92 Å². The summed E-state index contributed by atoms with van der Waals surface area (Å²) in [6.07, 6.45) is 0. The number of para-hydroxylation sites is 1. The van der Waals surface area contributed by atoms with E-state index in [1.54, 1.807) is 42.5 Å². The first-order valence-electron chi connectivity index (χ1n) is 9.06. The van der Waals surface area contributed by atoms with Gasteiger partial charge in [-0.1, -0.05) is 42.5 Å². The summed E-state index contributed by atoms with van der Waals surface area (Å²) in [5.41, 5.74) is 2.39. The van der Waals surface area contributed by atoms with Gasteiger partial charge in [-0.25, -0.2) is 9.59 Å². The fourth-order valence-corrected chi connectivity index (χ4v) is 3.31. The van der Waals surface area contributed by atoms with Gasteiger partial charge in [-0.05, 0) is 48.4 Å². The van der Waals surface area contributed by atoms with Crippen LogP contribution in [-0.2, 0) is 0 Å². The van der Waals surface area contributed by atoms with Crippen LogP contribution in [0.15, 0.2) is 82.0 Å². The van der Waals surface area contributed by atoms with E-state index in [0.717, 1.165) is 11.1 Å². The number of fused-ring (bicyclic) bond motifs is 1. The predicted octanol–water partition coefficient (Wildman–Crippen LogP) is 5.00. The number of esters is 1. The monoisotopic (exact) mass is 386 g/mol. The Kier molecular flexibility index (Phi) is 4.87. The first-order chi connectivity index (χ1) is 14.1. The van der Waals surface area contributed by atoms with Gasteiger partial charge in [0.1, 0.15) is 22.6 Å². The maximum absolute atomic E-state index is 12.6. The lowest BCUT2D eigenvalue weighted by molar-refractivity contribution is 0.0731. The van der Waals surface area contributed by atoms with Gasteiger partial charge < -0.3 is 13.9 Å². The first kappa shape index (κ1) is 18.5. The lowest BCUT2D eigenvalue weighted by Gasteiger charge is -2.11. The van der Waals surface area contributed by atoms with Gasteiger partial charge in [0.2, 0.25) is 0 Å². The molecule has 0 unspecified atom stereocenters. The molecule has 1 aromatic heterocycles. The number of methoxy groups -OCH3 is 1. The third kappa shape index (κ3) is 3.50. The van der Waals surface area contributed by atoms with Crippen LogP contribution in [0, 0.1) is 6.92 Å². The summed E-state index contributed by atoms with van der Waals surface area (Å²) >= 11 is 0. The number of hydrogen-bond acceptors (Lipinski definition) is 5. The fourth-order valence-electron chi connectivity index (χ4n) is 3.31. The average Bonchev–Trinajstić information content (AvgIpc) is 2.75. The van der Waals surface area contributed by atoms with Crippen molar-refractivity contribution in [1.29, 1.82) is 0 Å². The van der Waals surface area contributed by atoms with Gasteiger partial charge >= 0.3 is 11.6 Å². The second kappa shape index (κ2) is 7.64. The SMILES string of the molecule is COc1ccccc1C(=O)Oc1ccc2oc(=O)c(-c3ccccc3)c(C)c2c1. The molecule has 3 aromatic carbocycles. The zero-order chi connectivity index (χ0) is 20.4. The number of carbonyl (C=O) groups excluding carboxylic acids is 1. The highest BCUT2D eigenvalue weighted by Gasteiger charge is 2.17. The van der Waals surface area contributed by atoms with Gasteiger partial charge in [0.15, 0.2) is 0 Å². The van der Waals surface area contributed by atoms with Crippen LogP contribution in [0.2, 0.25) is 0 Å². The number of benzene rings is 3. The van der Waals surface area contributed by atoms with Crippen LogP contribution in [0.25, 0.3) is 22.1 Å². The number of rotatable bonds is 4. The molecule has 1 heterocycles. The molecule has 0 aliphatic heterocycles. The van der Waals surface area contributed by atoms with E-state index >= 15 is 0 Å². The highest BCUT2D eigenvalue weighted by molar-refractivity contribution is 5.95. The Hall–Kier alpha value is -3.86. The summed E-state index contributed by atoms with van der Waals surface area (Å²) in [6.45, 7) is 1.85. The normalized spacial score (nSPS) is 10.7. The van der Waals surface area contributed by atoms with Crippen LogP contribution in [0.1, 0.15) is 15.9 Å². The highest BCUT2D eigenvalue weighted by atomic mass is 16.5. The second-order valence-corrected chi connectivity index (χ2v) is 6.50. The molecule has 0 radical (unpaired) electrons. The lowest BCUT2D eigenvalue weighted by Crippen LogP contribution is -2.10. The summed E-state index contributed by atoms with van der Waals surface area (Å²) in [4.78, 5) is 25.1. The Morgan fingerprint density at radius 2 is 1.66 bits per heavy atom. The number of ether oxygens (including phenoxy) is 2. The second-order valence-electron chi connectivity index (χ2n) is 6.50. The molecular weight excluding hydrogens is 368 g/mol. The molecule has 4 aromatic rings. The zero-order valence-corrected chi connectivity index (χ0v) is 16.0. The third-order valence-electron chi connectivity index (χ3n) is 4.74. The molecular formula is C24H18O5. The molecule has 5 nitrogen and oxygen atoms in total. The molecule has 0 amide bonds. The number of carbonyl (C=O) groups is 1. The summed E-state index contributed by atoms with van der Waals surface area (Å²) in [7, 11) is 1.50. The van der Waals surface area contributed by atoms with E-state index in [1.807, 2.05) is 37.3 Å². The van der Waals surface area contributed by atoms with Crippen LogP contribution in [0.4, 0.5) is 0 Å². The maximum Gasteiger partial charge on any atom is 0.347 e. The predicted molar refractivity (Wildman–Crippen MR) is 111 cm³/mol. The Balaban J connectivity index is 1.76. The van der Waals surface area contributed by atoms with Gasteiger partial charge in [0.25, 0.3) is 0 Å². The minimum atomic E-state index is -0.528. The summed E-state index contributed by atoms with van der Waals surface area (Å²) in [6, 6.07) is 21.1. The smallest absolute Gasteiger partial charge is 0.347 e. The minimum absolute atomic E-state index is 0.330. The number of aryl methyl sites for hydroxylation is 1. The fraction of sp³-hybridized carbons (Fsp3) is 0.0833. The van der Waals surface area contributed by atoms with Crippen molar-refractivity contribution >= 4 is 16.9 Å². The van der Waals surface area contributed by atoms with Crippen LogP contribution in [-0.4, -0.2) is 13.1 Å². The van der Waals surface area contributed by atoms with Gasteiger partial charge in [0.05, 0.1) is 12.7 Å². The zero-order valence-electron chi connectivity index (χ0n) is 16.0. The number of hydrogen-bond donors (Lipinski definition) is 0. The van der Waals surface area contributed by atoms with E-state index in [2.05, 4.69) is 0 Å². The van der Waals surface area contributed by atoms with Crippen molar-refractivity contribution in [3.8, 4) is 22.6 Å².